The van der Waals surface area contributed by atoms with Crippen LogP contribution in [-0.2, 0) is 15.0 Å². The van der Waals surface area contributed by atoms with Crippen molar-refractivity contribution in [3.63, 3.8) is 0 Å². The predicted octanol–water partition coefficient (Wildman–Crippen LogP) is 2.09. The third-order valence-electron chi connectivity index (χ3n) is 5.35. The van der Waals surface area contributed by atoms with Crippen LogP contribution in [0.25, 0.3) is 0 Å². The molecule has 2 N–H and O–H groups in total. The lowest BCUT2D eigenvalue weighted by molar-refractivity contribution is -0.126. The molecule has 2 fully saturated rings. The summed E-state index contributed by atoms with van der Waals surface area (Å²) in [6.45, 7) is 0.669. The molecule has 1 aromatic rings. The van der Waals surface area contributed by atoms with E-state index < -0.39 is 6.03 Å². The maximum absolute atomic E-state index is 14.3. The molecule has 0 bridgehead atoms. The van der Waals surface area contributed by atoms with Crippen molar-refractivity contribution in [2.75, 3.05) is 19.6 Å². The number of carbonyl (C=O) groups is 3. The molecule has 6 nitrogen and oxygen atoms in total. The van der Waals surface area contributed by atoms with E-state index in [9.17, 15) is 18.8 Å². The fourth-order valence-electron chi connectivity index (χ4n) is 3.92. The first-order chi connectivity index (χ1) is 12.5. The standard InChI is InChI=1S/C19H24FN3O3/c20-15-7-2-1-6-14(15)19(9-3-4-10-19)13-22-16(24)8-5-11-23-17(25)12-21-18(23)26/h1-2,6-7H,3-5,8-13H2,(H,21,26)(H,22,24). The summed E-state index contributed by atoms with van der Waals surface area (Å²) in [6.07, 6.45) is 4.40. The van der Waals surface area contributed by atoms with Crippen LogP contribution in [0.5, 0.6) is 0 Å². The number of nitrogens with zero attached hydrogens (tertiary/aromatic N) is 1. The molecule has 2 aliphatic rings. The molecule has 140 valence electrons. The monoisotopic (exact) mass is 361 g/mol. The number of rotatable bonds is 7. The van der Waals surface area contributed by atoms with Gasteiger partial charge in [-0.3, -0.25) is 14.5 Å². The molecular weight excluding hydrogens is 337 g/mol. The Labute approximate surface area is 152 Å². The summed E-state index contributed by atoms with van der Waals surface area (Å²) in [5.41, 5.74) is 0.336. The lowest BCUT2D eigenvalue weighted by Crippen LogP contribution is -2.40. The Kier molecular flexibility index (Phi) is 5.54. The van der Waals surface area contributed by atoms with Gasteiger partial charge in [0, 0.05) is 24.9 Å². The van der Waals surface area contributed by atoms with Crippen LogP contribution in [0.15, 0.2) is 24.3 Å². The van der Waals surface area contributed by atoms with E-state index >= 15 is 0 Å². The van der Waals surface area contributed by atoms with Crippen molar-refractivity contribution in [1.82, 2.24) is 15.5 Å². The van der Waals surface area contributed by atoms with E-state index in [1.165, 1.54) is 6.07 Å². The maximum Gasteiger partial charge on any atom is 0.324 e. The average molecular weight is 361 g/mol. The summed E-state index contributed by atoms with van der Waals surface area (Å²) < 4.78 is 14.3. The fraction of sp³-hybridized carbons (Fsp3) is 0.526. The highest BCUT2D eigenvalue weighted by Gasteiger charge is 2.37. The van der Waals surface area contributed by atoms with Gasteiger partial charge < -0.3 is 10.6 Å². The molecule has 1 aliphatic carbocycles. The number of amides is 4. The van der Waals surface area contributed by atoms with Crippen LogP contribution in [0.1, 0.15) is 44.1 Å². The third-order valence-corrected chi connectivity index (χ3v) is 5.35. The van der Waals surface area contributed by atoms with Gasteiger partial charge in [0.25, 0.3) is 0 Å². The van der Waals surface area contributed by atoms with Gasteiger partial charge in [0.1, 0.15) is 5.82 Å². The molecule has 26 heavy (non-hydrogen) atoms. The number of hydrogen-bond donors (Lipinski definition) is 2. The molecule has 1 saturated heterocycles. The number of urea groups is 1. The number of benzene rings is 1. The molecule has 4 amide bonds. The number of halogens is 1. The molecule has 0 aromatic heterocycles. The summed E-state index contributed by atoms with van der Waals surface area (Å²) in [5.74, 6) is -0.623. The van der Waals surface area contributed by atoms with E-state index in [0.29, 0.717) is 18.5 Å². The Balaban J connectivity index is 1.52. The van der Waals surface area contributed by atoms with Gasteiger partial charge in [0.05, 0.1) is 6.54 Å². The first-order valence-electron chi connectivity index (χ1n) is 9.12. The van der Waals surface area contributed by atoms with E-state index in [0.717, 1.165) is 30.6 Å². The number of hydrogen-bond acceptors (Lipinski definition) is 3. The Morgan fingerprint density at radius 1 is 1.23 bits per heavy atom. The van der Waals surface area contributed by atoms with Crippen molar-refractivity contribution in [2.45, 2.75) is 43.9 Å². The van der Waals surface area contributed by atoms with Gasteiger partial charge in [-0.25, -0.2) is 9.18 Å². The van der Waals surface area contributed by atoms with Gasteiger partial charge in [0.2, 0.25) is 11.8 Å². The van der Waals surface area contributed by atoms with Gasteiger partial charge in [-0.05, 0) is 30.9 Å². The molecule has 0 spiro atoms. The van der Waals surface area contributed by atoms with Crippen LogP contribution < -0.4 is 10.6 Å². The first kappa shape index (κ1) is 18.4. The van der Waals surface area contributed by atoms with Gasteiger partial charge in [-0.2, -0.15) is 0 Å². The second kappa shape index (κ2) is 7.85. The Hall–Kier alpha value is -2.44. The molecule has 1 aliphatic heterocycles. The van der Waals surface area contributed by atoms with E-state index in [1.54, 1.807) is 6.07 Å². The van der Waals surface area contributed by atoms with Gasteiger partial charge in [-0.1, -0.05) is 31.0 Å². The minimum absolute atomic E-state index is 0.0240. The van der Waals surface area contributed by atoms with Crippen molar-refractivity contribution >= 4 is 17.8 Å². The van der Waals surface area contributed by atoms with Crippen LogP contribution in [-0.4, -0.2) is 42.4 Å². The van der Waals surface area contributed by atoms with Crippen LogP contribution in [0.3, 0.4) is 0 Å². The number of imide groups is 1. The molecule has 7 heteroatoms. The highest BCUT2D eigenvalue weighted by molar-refractivity contribution is 6.01. The zero-order valence-corrected chi connectivity index (χ0v) is 14.7. The van der Waals surface area contributed by atoms with Gasteiger partial charge >= 0.3 is 6.03 Å². The van der Waals surface area contributed by atoms with E-state index in [1.807, 2.05) is 12.1 Å². The second-order valence-electron chi connectivity index (χ2n) is 7.05. The number of nitrogens with one attached hydrogen (secondary N) is 2. The lowest BCUT2D eigenvalue weighted by atomic mass is 9.78. The SMILES string of the molecule is O=C(CCCN1C(=O)CNC1=O)NCC1(c2ccccc2F)CCCC1. The number of carbonyl (C=O) groups excluding carboxylic acids is 3. The van der Waals surface area contributed by atoms with E-state index in [4.69, 9.17) is 0 Å². The van der Waals surface area contributed by atoms with Crippen molar-refractivity contribution in [1.29, 1.82) is 0 Å². The predicted molar refractivity (Wildman–Crippen MR) is 93.9 cm³/mol. The molecule has 0 radical (unpaired) electrons. The van der Waals surface area contributed by atoms with Crippen LogP contribution in [0.4, 0.5) is 9.18 Å². The first-order valence-corrected chi connectivity index (χ1v) is 9.12. The Morgan fingerprint density at radius 3 is 2.62 bits per heavy atom. The molecule has 3 rings (SSSR count). The highest BCUT2D eigenvalue weighted by atomic mass is 19.1. The van der Waals surface area contributed by atoms with Crippen molar-refractivity contribution in [2.24, 2.45) is 0 Å². The molecule has 0 atom stereocenters. The minimum atomic E-state index is -0.403. The summed E-state index contributed by atoms with van der Waals surface area (Å²) >= 11 is 0. The fourth-order valence-corrected chi connectivity index (χ4v) is 3.92. The summed E-state index contributed by atoms with van der Waals surface area (Å²) in [6, 6.07) is 6.38. The van der Waals surface area contributed by atoms with Gasteiger partial charge in [-0.15, -0.1) is 0 Å². The highest BCUT2D eigenvalue weighted by Crippen LogP contribution is 2.41. The van der Waals surface area contributed by atoms with Crippen LogP contribution >= 0.6 is 0 Å². The molecular formula is C19H24FN3O3. The third kappa shape index (κ3) is 3.86. The Morgan fingerprint density at radius 2 is 1.96 bits per heavy atom. The zero-order valence-electron chi connectivity index (χ0n) is 14.7. The molecule has 1 saturated carbocycles. The second-order valence-corrected chi connectivity index (χ2v) is 7.05. The Bertz CT molecular complexity index is 685. The summed E-state index contributed by atoms with van der Waals surface area (Å²) in [4.78, 5) is 36.3. The molecule has 0 unspecified atom stereocenters. The molecule has 1 heterocycles. The average Bonchev–Trinajstić information content (AvgIpc) is 3.23. The largest absolute Gasteiger partial charge is 0.355 e. The van der Waals surface area contributed by atoms with Crippen LogP contribution in [0.2, 0.25) is 0 Å². The van der Waals surface area contributed by atoms with Crippen LogP contribution in [0, 0.1) is 5.82 Å². The van der Waals surface area contributed by atoms with Crippen molar-refractivity contribution in [3.8, 4) is 0 Å². The van der Waals surface area contributed by atoms with E-state index in [2.05, 4.69) is 10.6 Å². The minimum Gasteiger partial charge on any atom is -0.355 e. The van der Waals surface area contributed by atoms with E-state index in [-0.39, 0.29) is 42.6 Å². The topological polar surface area (TPSA) is 78.5 Å². The maximum atomic E-state index is 14.3. The summed E-state index contributed by atoms with van der Waals surface area (Å²) in [7, 11) is 0. The van der Waals surface area contributed by atoms with Crippen molar-refractivity contribution < 1.29 is 18.8 Å². The molecule has 1 aromatic carbocycles. The summed E-state index contributed by atoms with van der Waals surface area (Å²) in [5, 5.41) is 5.38. The van der Waals surface area contributed by atoms with Crippen molar-refractivity contribution in [3.05, 3.63) is 35.6 Å². The smallest absolute Gasteiger partial charge is 0.324 e. The lowest BCUT2D eigenvalue weighted by Gasteiger charge is -2.30. The quantitative estimate of drug-likeness (QED) is 0.730. The van der Waals surface area contributed by atoms with Gasteiger partial charge in [0.15, 0.2) is 0 Å². The zero-order chi connectivity index (χ0) is 18.6. The normalized spacial score (nSPS) is 18.9.